The maximum absolute atomic E-state index is 9.14. The van der Waals surface area contributed by atoms with Crippen molar-refractivity contribution in [2.45, 2.75) is 0 Å². The van der Waals surface area contributed by atoms with Crippen LogP contribution in [0.5, 0.6) is 0 Å². The van der Waals surface area contributed by atoms with E-state index in [9.17, 15) is 0 Å². The Morgan fingerprint density at radius 1 is 0.351 bits per heavy atom. The molecule has 0 aliphatic heterocycles. The van der Waals surface area contributed by atoms with Crippen LogP contribution in [-0.2, 0) is 0 Å². The lowest BCUT2D eigenvalue weighted by Gasteiger charge is -2.17. The highest BCUT2D eigenvalue weighted by atomic mass is 16.3. The van der Waals surface area contributed by atoms with Gasteiger partial charge in [0.2, 0.25) is 0 Å². The van der Waals surface area contributed by atoms with E-state index in [0.717, 1.165) is 82.8 Å². The van der Waals surface area contributed by atoms with E-state index in [-0.39, 0.29) is 46.0 Å². The van der Waals surface area contributed by atoms with Crippen LogP contribution in [0.25, 0.3) is 110 Å². The fourth-order valence-corrected chi connectivity index (χ4v) is 8.69. The molecule has 266 valence electrons. The Labute approximate surface area is 340 Å². The van der Waals surface area contributed by atoms with Gasteiger partial charge in [-0.05, 0) is 94.0 Å². The van der Waals surface area contributed by atoms with Crippen molar-refractivity contribution in [3.63, 3.8) is 0 Å². The number of benzene rings is 9. The molecule has 0 saturated carbocycles. The monoisotopic (exact) mass is 734 g/mol. The molecule has 3 aromatic heterocycles. The minimum Gasteiger partial charge on any atom is -0.456 e. The second-order valence-electron chi connectivity index (χ2n) is 14.3. The van der Waals surface area contributed by atoms with E-state index in [1.807, 2.05) is 54.6 Å². The molecule has 0 bridgehead atoms. The van der Waals surface area contributed by atoms with Gasteiger partial charge < -0.3 is 13.6 Å². The van der Waals surface area contributed by atoms with Gasteiger partial charge in [-0.15, -0.1) is 0 Å². The highest BCUT2D eigenvalue weighted by Gasteiger charge is 2.20. The normalized spacial score (nSPS) is 13.8. The molecule has 3 heteroatoms. The second-order valence-corrected chi connectivity index (χ2v) is 14.3. The summed E-state index contributed by atoms with van der Waals surface area (Å²) < 4.78 is 80.7. The van der Waals surface area contributed by atoms with Crippen LogP contribution in [-0.4, -0.2) is 9.13 Å². The first-order chi connectivity index (χ1) is 31.6. The van der Waals surface area contributed by atoms with Crippen LogP contribution < -0.4 is 0 Å². The Bertz CT molecular complexity index is 3850. The summed E-state index contributed by atoms with van der Waals surface area (Å²) in [5.74, 6) is 0. The summed E-state index contributed by atoms with van der Waals surface area (Å²) in [6.45, 7) is 0. The van der Waals surface area contributed by atoms with Gasteiger partial charge in [-0.25, -0.2) is 0 Å². The van der Waals surface area contributed by atoms with Crippen LogP contribution in [0.1, 0.15) is 11.0 Å². The second kappa shape index (κ2) is 12.5. The molecule has 0 N–H and O–H groups in total. The standard InChI is InChI=1S/C54H34N2O/c1-3-14-35(15-4-1)40-21-13-22-41(36-16-5-2-6-17-36)54(40)37-26-29-44-46-33-38(55-48-23-10-7-18-42(48)43-19-8-11-24-49(43)55)27-30-50(46)56(51(44)32-37)39-28-31-53-47(34-39)45-20-9-12-25-52(45)57-53/h1-34H/i7D,8D,10D,11D,18D,19D,23D,24D. The molecule has 3 heterocycles. The number of aromatic nitrogens is 2. The van der Waals surface area contributed by atoms with E-state index in [4.69, 9.17) is 15.4 Å². The first-order valence-corrected chi connectivity index (χ1v) is 18.9. The van der Waals surface area contributed by atoms with Crippen molar-refractivity contribution in [2.24, 2.45) is 0 Å². The molecule has 0 unspecified atom stereocenters. The third-order valence-corrected chi connectivity index (χ3v) is 11.2. The summed E-state index contributed by atoms with van der Waals surface area (Å²) in [5, 5.41) is 3.78. The molecular formula is C54H34N2O. The van der Waals surface area contributed by atoms with E-state index in [1.54, 1.807) is 4.57 Å². The summed E-state index contributed by atoms with van der Waals surface area (Å²) in [6, 6.07) is 50.4. The van der Waals surface area contributed by atoms with Gasteiger partial charge in [-0.3, -0.25) is 0 Å². The third-order valence-electron chi connectivity index (χ3n) is 11.2. The lowest BCUT2D eigenvalue weighted by atomic mass is 9.87. The third kappa shape index (κ3) is 4.86. The van der Waals surface area contributed by atoms with Crippen molar-refractivity contribution in [3.05, 3.63) is 206 Å². The van der Waals surface area contributed by atoms with Crippen LogP contribution in [0.4, 0.5) is 0 Å². The maximum atomic E-state index is 9.14. The van der Waals surface area contributed by atoms with Crippen LogP contribution in [0.2, 0.25) is 0 Å². The van der Waals surface area contributed by atoms with Crippen molar-refractivity contribution >= 4 is 65.6 Å². The van der Waals surface area contributed by atoms with Crippen molar-refractivity contribution in [3.8, 4) is 44.8 Å². The summed E-state index contributed by atoms with van der Waals surface area (Å²) in [6.07, 6.45) is 0. The highest BCUT2D eigenvalue weighted by Crippen LogP contribution is 2.44. The number of furan rings is 1. The highest BCUT2D eigenvalue weighted by molar-refractivity contribution is 6.14. The largest absolute Gasteiger partial charge is 0.456 e. The Morgan fingerprint density at radius 3 is 1.63 bits per heavy atom. The molecule has 57 heavy (non-hydrogen) atoms. The van der Waals surface area contributed by atoms with Crippen molar-refractivity contribution < 1.29 is 15.4 Å². The number of hydrogen-bond donors (Lipinski definition) is 0. The molecule has 0 fully saturated rings. The molecule has 0 atom stereocenters. The van der Waals surface area contributed by atoms with Crippen molar-refractivity contribution in [1.82, 2.24) is 9.13 Å². The Hall–Kier alpha value is -7.62. The van der Waals surface area contributed by atoms with E-state index in [2.05, 4.69) is 108 Å². The first kappa shape index (κ1) is 24.7. The number of fused-ring (bicyclic) bond motifs is 9. The Morgan fingerprint density at radius 2 is 0.930 bits per heavy atom. The SMILES string of the molecule is [2H]c1c([2H])c([2H])c2c(c1[2H])c1c([2H])c([2H])c([2H])c([2H])c1n2-c1ccc2c(c1)c1ccc(-c3c(-c4ccccc4)cccc3-c3ccccc3)cc1n2-c1ccc2oc3ccccc3c2c1. The fraction of sp³-hybridized carbons (Fsp3) is 0. The lowest BCUT2D eigenvalue weighted by molar-refractivity contribution is 0.669. The van der Waals surface area contributed by atoms with Gasteiger partial charge in [-0.2, -0.15) is 0 Å². The summed E-state index contributed by atoms with van der Waals surface area (Å²) in [5.41, 5.74) is 11.3. The van der Waals surface area contributed by atoms with Crippen LogP contribution >= 0.6 is 0 Å². The van der Waals surface area contributed by atoms with Gasteiger partial charge in [0.15, 0.2) is 0 Å². The number of para-hydroxylation sites is 3. The summed E-state index contributed by atoms with van der Waals surface area (Å²) in [4.78, 5) is 0. The van der Waals surface area contributed by atoms with Gasteiger partial charge >= 0.3 is 0 Å². The van der Waals surface area contributed by atoms with Gasteiger partial charge in [0.25, 0.3) is 0 Å². The van der Waals surface area contributed by atoms with Gasteiger partial charge in [0.1, 0.15) is 11.2 Å². The molecule has 12 aromatic rings. The predicted molar refractivity (Wildman–Crippen MR) is 239 cm³/mol. The molecule has 0 aliphatic rings. The van der Waals surface area contributed by atoms with Gasteiger partial charge in [0, 0.05) is 43.7 Å². The van der Waals surface area contributed by atoms with Crippen LogP contribution in [0, 0.1) is 0 Å². The van der Waals surface area contributed by atoms with Crippen molar-refractivity contribution in [1.29, 1.82) is 0 Å². The summed E-state index contributed by atoms with van der Waals surface area (Å²) in [7, 11) is 0. The summed E-state index contributed by atoms with van der Waals surface area (Å²) >= 11 is 0. The molecule has 0 radical (unpaired) electrons. The molecule has 12 rings (SSSR count). The maximum Gasteiger partial charge on any atom is 0.135 e. The average Bonchev–Trinajstić information content (AvgIpc) is 4.01. The molecule has 9 aromatic carbocycles. The number of rotatable bonds is 5. The molecule has 0 aliphatic carbocycles. The Balaban J connectivity index is 1.20. The van der Waals surface area contributed by atoms with E-state index >= 15 is 0 Å². The molecule has 0 spiro atoms. The minimum absolute atomic E-state index is 0.0390. The number of hydrogen-bond acceptors (Lipinski definition) is 1. The van der Waals surface area contributed by atoms with Crippen LogP contribution in [0.15, 0.2) is 210 Å². The predicted octanol–water partition coefficient (Wildman–Crippen LogP) is 14.8. The Kier molecular flexibility index (Phi) is 5.40. The van der Waals surface area contributed by atoms with Gasteiger partial charge in [0.05, 0.1) is 33.0 Å². The lowest BCUT2D eigenvalue weighted by Crippen LogP contribution is -1.96. The smallest absolute Gasteiger partial charge is 0.135 e. The quantitative estimate of drug-likeness (QED) is 0.173. The molecular weight excluding hydrogens is 693 g/mol. The zero-order chi connectivity index (χ0) is 44.4. The molecule has 0 saturated heterocycles. The zero-order valence-electron chi connectivity index (χ0n) is 38.3. The average molecular weight is 735 g/mol. The van der Waals surface area contributed by atoms with E-state index in [1.165, 1.54) is 0 Å². The fourth-order valence-electron chi connectivity index (χ4n) is 8.69. The zero-order valence-corrected chi connectivity index (χ0v) is 30.3. The van der Waals surface area contributed by atoms with E-state index in [0.29, 0.717) is 5.69 Å². The molecule has 0 amide bonds. The van der Waals surface area contributed by atoms with E-state index < -0.39 is 24.2 Å². The topological polar surface area (TPSA) is 23.0 Å². The first-order valence-electron chi connectivity index (χ1n) is 22.9. The minimum atomic E-state index is -0.477. The van der Waals surface area contributed by atoms with Crippen LogP contribution in [0.3, 0.4) is 0 Å². The van der Waals surface area contributed by atoms with Crippen molar-refractivity contribution in [2.75, 3.05) is 0 Å². The van der Waals surface area contributed by atoms with Gasteiger partial charge in [-0.1, -0.05) is 145 Å². The number of nitrogens with zero attached hydrogens (tertiary/aromatic N) is 2. The molecule has 3 nitrogen and oxygen atoms in total.